The third kappa shape index (κ3) is 5.90. The molecule has 5 heteroatoms. The zero-order valence-electron chi connectivity index (χ0n) is 8.03. The SMILES string of the molecule is CCN(CCO)C(=O)CSCCN. The molecule has 0 fully saturated rings. The normalized spacial score (nSPS) is 10.1. The van der Waals surface area contributed by atoms with Crippen LogP contribution in [-0.2, 0) is 4.79 Å². The van der Waals surface area contributed by atoms with Gasteiger partial charge in [0.1, 0.15) is 0 Å². The second-order valence-electron chi connectivity index (χ2n) is 2.54. The maximum atomic E-state index is 11.4. The van der Waals surface area contributed by atoms with Crippen molar-refractivity contribution in [3.63, 3.8) is 0 Å². The van der Waals surface area contributed by atoms with E-state index in [0.717, 1.165) is 5.75 Å². The Balaban J connectivity index is 3.64. The van der Waals surface area contributed by atoms with E-state index in [4.69, 9.17) is 10.8 Å². The van der Waals surface area contributed by atoms with Crippen LogP contribution in [-0.4, -0.2) is 53.7 Å². The van der Waals surface area contributed by atoms with Crippen LogP contribution in [0.1, 0.15) is 6.92 Å². The lowest BCUT2D eigenvalue weighted by molar-refractivity contribution is -0.128. The Morgan fingerprint density at radius 1 is 1.62 bits per heavy atom. The number of hydrogen-bond acceptors (Lipinski definition) is 4. The Morgan fingerprint density at radius 2 is 2.31 bits per heavy atom. The molecule has 0 heterocycles. The Morgan fingerprint density at radius 3 is 2.77 bits per heavy atom. The predicted molar refractivity (Wildman–Crippen MR) is 55.7 cm³/mol. The molecular weight excluding hydrogens is 188 g/mol. The summed E-state index contributed by atoms with van der Waals surface area (Å²) in [6, 6.07) is 0. The first-order valence-electron chi connectivity index (χ1n) is 4.42. The lowest BCUT2D eigenvalue weighted by atomic mass is 10.5. The second kappa shape index (κ2) is 8.34. The monoisotopic (exact) mass is 206 g/mol. The molecule has 0 atom stereocenters. The summed E-state index contributed by atoms with van der Waals surface area (Å²) in [5.41, 5.74) is 5.30. The van der Waals surface area contributed by atoms with Gasteiger partial charge in [-0.05, 0) is 6.92 Å². The summed E-state index contributed by atoms with van der Waals surface area (Å²) >= 11 is 1.53. The first kappa shape index (κ1) is 12.7. The van der Waals surface area contributed by atoms with Gasteiger partial charge in [0.15, 0.2) is 0 Å². The molecule has 0 aromatic carbocycles. The molecule has 0 unspecified atom stereocenters. The molecule has 0 aliphatic rings. The maximum Gasteiger partial charge on any atom is 0.232 e. The van der Waals surface area contributed by atoms with Gasteiger partial charge in [0.25, 0.3) is 0 Å². The Bertz CT molecular complexity index is 144. The molecule has 0 saturated carbocycles. The van der Waals surface area contributed by atoms with Crippen molar-refractivity contribution in [2.24, 2.45) is 5.73 Å². The zero-order chi connectivity index (χ0) is 10.1. The summed E-state index contributed by atoms with van der Waals surface area (Å²) in [6.07, 6.45) is 0. The highest BCUT2D eigenvalue weighted by molar-refractivity contribution is 7.99. The first-order chi connectivity index (χ1) is 6.26. The van der Waals surface area contributed by atoms with Gasteiger partial charge in [-0.1, -0.05) is 0 Å². The molecule has 1 amide bonds. The number of aliphatic hydroxyl groups excluding tert-OH is 1. The fourth-order valence-corrected chi connectivity index (χ4v) is 1.58. The van der Waals surface area contributed by atoms with Gasteiger partial charge in [-0.2, -0.15) is 11.8 Å². The summed E-state index contributed by atoms with van der Waals surface area (Å²) in [5, 5.41) is 8.67. The van der Waals surface area contributed by atoms with Crippen molar-refractivity contribution in [1.82, 2.24) is 4.90 Å². The van der Waals surface area contributed by atoms with E-state index in [0.29, 0.717) is 25.4 Å². The number of nitrogens with two attached hydrogens (primary N) is 1. The number of rotatable bonds is 7. The minimum absolute atomic E-state index is 0.0289. The van der Waals surface area contributed by atoms with Crippen molar-refractivity contribution in [2.45, 2.75) is 6.92 Å². The van der Waals surface area contributed by atoms with Gasteiger partial charge in [-0.15, -0.1) is 0 Å². The van der Waals surface area contributed by atoms with E-state index < -0.39 is 0 Å². The van der Waals surface area contributed by atoms with Crippen LogP contribution >= 0.6 is 11.8 Å². The zero-order valence-corrected chi connectivity index (χ0v) is 8.85. The van der Waals surface area contributed by atoms with Crippen molar-refractivity contribution in [1.29, 1.82) is 0 Å². The Labute approximate surface area is 83.5 Å². The summed E-state index contributed by atoms with van der Waals surface area (Å²) in [4.78, 5) is 13.0. The fourth-order valence-electron chi connectivity index (χ4n) is 0.914. The molecule has 13 heavy (non-hydrogen) atoms. The minimum Gasteiger partial charge on any atom is -0.395 e. The number of thioether (sulfide) groups is 1. The molecule has 0 bridgehead atoms. The van der Waals surface area contributed by atoms with Gasteiger partial charge in [-0.25, -0.2) is 0 Å². The third-order valence-electron chi connectivity index (χ3n) is 1.59. The standard InChI is InChI=1S/C8H18N2O2S/c1-2-10(4-5-11)8(12)7-13-6-3-9/h11H,2-7,9H2,1H3. The molecular formula is C8H18N2O2S. The largest absolute Gasteiger partial charge is 0.395 e. The van der Waals surface area contributed by atoms with E-state index in [1.165, 1.54) is 11.8 Å². The number of hydrogen-bond donors (Lipinski definition) is 2. The van der Waals surface area contributed by atoms with Gasteiger partial charge < -0.3 is 15.7 Å². The highest BCUT2D eigenvalue weighted by atomic mass is 32.2. The molecule has 0 saturated heterocycles. The Kier molecular flexibility index (Phi) is 8.18. The van der Waals surface area contributed by atoms with Gasteiger partial charge in [0, 0.05) is 25.4 Å². The van der Waals surface area contributed by atoms with Crippen LogP contribution in [0.25, 0.3) is 0 Å². The van der Waals surface area contributed by atoms with Gasteiger partial charge in [0.05, 0.1) is 12.4 Å². The molecule has 0 rings (SSSR count). The van der Waals surface area contributed by atoms with E-state index in [1.54, 1.807) is 4.90 Å². The number of aliphatic hydroxyl groups is 1. The first-order valence-corrected chi connectivity index (χ1v) is 5.58. The van der Waals surface area contributed by atoms with E-state index in [1.807, 2.05) is 6.92 Å². The molecule has 0 aromatic rings. The molecule has 3 N–H and O–H groups in total. The van der Waals surface area contributed by atoms with Crippen molar-refractivity contribution in [3.05, 3.63) is 0 Å². The van der Waals surface area contributed by atoms with Crippen LogP contribution in [0.3, 0.4) is 0 Å². The smallest absolute Gasteiger partial charge is 0.232 e. The molecule has 0 aliphatic carbocycles. The summed E-state index contributed by atoms with van der Waals surface area (Å²) in [7, 11) is 0. The predicted octanol–water partition coefficient (Wildman–Crippen LogP) is -0.481. The highest BCUT2D eigenvalue weighted by Crippen LogP contribution is 2.01. The van der Waals surface area contributed by atoms with E-state index >= 15 is 0 Å². The number of carbonyl (C=O) groups is 1. The van der Waals surface area contributed by atoms with Crippen LogP contribution in [0, 0.1) is 0 Å². The lowest BCUT2D eigenvalue weighted by Gasteiger charge is -2.19. The van der Waals surface area contributed by atoms with Crippen molar-refractivity contribution < 1.29 is 9.90 Å². The average Bonchev–Trinajstić information content (AvgIpc) is 2.14. The Hall–Kier alpha value is -0.260. The topological polar surface area (TPSA) is 66.6 Å². The van der Waals surface area contributed by atoms with Gasteiger partial charge in [0.2, 0.25) is 5.91 Å². The molecule has 0 aliphatic heterocycles. The summed E-state index contributed by atoms with van der Waals surface area (Å²) in [6.45, 7) is 3.62. The molecule has 4 nitrogen and oxygen atoms in total. The van der Waals surface area contributed by atoms with E-state index in [-0.39, 0.29) is 12.5 Å². The van der Waals surface area contributed by atoms with Crippen molar-refractivity contribution in [2.75, 3.05) is 37.7 Å². The molecule has 0 aromatic heterocycles. The summed E-state index contributed by atoms with van der Waals surface area (Å²) < 4.78 is 0. The van der Waals surface area contributed by atoms with Crippen LogP contribution in [0.15, 0.2) is 0 Å². The summed E-state index contributed by atoms with van der Waals surface area (Å²) in [5.74, 6) is 1.35. The second-order valence-corrected chi connectivity index (χ2v) is 3.64. The van der Waals surface area contributed by atoms with Crippen molar-refractivity contribution >= 4 is 17.7 Å². The van der Waals surface area contributed by atoms with Crippen LogP contribution in [0.5, 0.6) is 0 Å². The molecule has 78 valence electrons. The van der Waals surface area contributed by atoms with Crippen molar-refractivity contribution in [3.8, 4) is 0 Å². The number of nitrogens with zero attached hydrogens (tertiary/aromatic N) is 1. The van der Waals surface area contributed by atoms with Gasteiger partial charge in [-0.3, -0.25) is 4.79 Å². The quantitative estimate of drug-likeness (QED) is 0.552. The third-order valence-corrected chi connectivity index (χ3v) is 2.57. The minimum atomic E-state index is 0.0289. The molecule has 0 radical (unpaired) electrons. The number of amides is 1. The fraction of sp³-hybridized carbons (Fsp3) is 0.875. The highest BCUT2D eigenvalue weighted by Gasteiger charge is 2.09. The van der Waals surface area contributed by atoms with Crippen LogP contribution in [0.2, 0.25) is 0 Å². The van der Waals surface area contributed by atoms with Crippen LogP contribution < -0.4 is 5.73 Å². The van der Waals surface area contributed by atoms with E-state index in [2.05, 4.69) is 0 Å². The van der Waals surface area contributed by atoms with E-state index in [9.17, 15) is 4.79 Å². The van der Waals surface area contributed by atoms with Gasteiger partial charge >= 0.3 is 0 Å². The number of likely N-dealkylation sites (N-methyl/N-ethyl adjacent to an activating group) is 1. The van der Waals surface area contributed by atoms with Crippen LogP contribution in [0.4, 0.5) is 0 Å². The maximum absolute atomic E-state index is 11.4. The lowest BCUT2D eigenvalue weighted by Crippen LogP contribution is -2.34. The number of carbonyl (C=O) groups excluding carboxylic acids is 1. The average molecular weight is 206 g/mol. The molecule has 0 spiro atoms.